The third-order valence-corrected chi connectivity index (χ3v) is 4.77. The molecule has 0 radical (unpaired) electrons. The molecule has 1 fully saturated rings. The minimum absolute atomic E-state index is 0.238. The zero-order valence-electron chi connectivity index (χ0n) is 11.9. The number of likely N-dealkylation sites (N-methyl/N-ethyl adjacent to an activating group) is 1. The lowest BCUT2D eigenvalue weighted by molar-refractivity contribution is -0.148. The number of nitrogens with one attached hydrogen (secondary N) is 1. The molecular weight excluding hydrogens is 274 g/mol. The number of ether oxygens (including phenoxy) is 2. The predicted octanol–water partition coefficient (Wildman–Crippen LogP) is 1.80. The fourth-order valence-electron chi connectivity index (χ4n) is 2.24. The lowest BCUT2D eigenvalue weighted by Crippen LogP contribution is -2.52. The molecule has 1 unspecified atom stereocenters. The first-order chi connectivity index (χ1) is 9.73. The lowest BCUT2D eigenvalue weighted by atomic mass is 9.91. The van der Waals surface area contributed by atoms with E-state index in [4.69, 9.17) is 9.47 Å². The Labute approximate surface area is 124 Å². The molecule has 2 rings (SSSR count). The Morgan fingerprint density at radius 1 is 1.45 bits per heavy atom. The number of carbonyl (C=O) groups excluding carboxylic acids is 1. The van der Waals surface area contributed by atoms with Crippen molar-refractivity contribution in [1.29, 1.82) is 0 Å². The maximum atomic E-state index is 12.4. The van der Waals surface area contributed by atoms with E-state index in [1.54, 1.807) is 11.8 Å². The quantitative estimate of drug-likeness (QED) is 0.777. The monoisotopic (exact) mass is 295 g/mol. The first-order valence-electron chi connectivity index (χ1n) is 6.81. The Balaban J connectivity index is 2.25. The maximum Gasteiger partial charge on any atom is 0.331 e. The summed E-state index contributed by atoms with van der Waals surface area (Å²) in [5.74, 6) is 0.407. The van der Waals surface area contributed by atoms with E-state index in [1.165, 1.54) is 7.11 Å². The number of hydrogen-bond donors (Lipinski definition) is 1. The predicted molar refractivity (Wildman–Crippen MR) is 80.9 cm³/mol. The molecule has 0 aliphatic carbocycles. The molecule has 0 aromatic heterocycles. The molecule has 20 heavy (non-hydrogen) atoms. The van der Waals surface area contributed by atoms with Gasteiger partial charge in [0.2, 0.25) is 0 Å². The minimum Gasteiger partial charge on any atom is -0.467 e. The van der Waals surface area contributed by atoms with Gasteiger partial charge in [-0.05, 0) is 12.1 Å². The number of esters is 1. The Morgan fingerprint density at radius 3 is 2.65 bits per heavy atom. The van der Waals surface area contributed by atoms with Crippen molar-refractivity contribution in [3.8, 4) is 0 Å². The summed E-state index contributed by atoms with van der Waals surface area (Å²) in [6.07, 6.45) is 0. The van der Waals surface area contributed by atoms with Crippen molar-refractivity contribution in [2.24, 2.45) is 0 Å². The normalized spacial score (nSPS) is 18.1. The zero-order valence-corrected chi connectivity index (χ0v) is 12.7. The molecule has 1 N–H and O–H groups in total. The summed E-state index contributed by atoms with van der Waals surface area (Å²) in [5.41, 5.74) is 0.159. The van der Waals surface area contributed by atoms with Crippen molar-refractivity contribution in [3.63, 3.8) is 0 Å². The molecule has 1 heterocycles. The molecule has 1 aliphatic heterocycles. The highest BCUT2D eigenvalue weighted by atomic mass is 32.2. The lowest BCUT2D eigenvalue weighted by Gasteiger charge is -2.35. The van der Waals surface area contributed by atoms with Gasteiger partial charge < -0.3 is 9.47 Å². The number of hydrogen-bond acceptors (Lipinski definition) is 5. The van der Waals surface area contributed by atoms with E-state index in [9.17, 15) is 4.79 Å². The second kappa shape index (κ2) is 7.11. The molecule has 0 saturated carbocycles. The summed E-state index contributed by atoms with van der Waals surface area (Å²) < 4.78 is 10.3. The highest BCUT2D eigenvalue weighted by molar-refractivity contribution is 8.00. The third kappa shape index (κ3) is 3.16. The molecule has 0 spiro atoms. The van der Waals surface area contributed by atoms with Crippen LogP contribution in [0.1, 0.15) is 12.5 Å². The van der Waals surface area contributed by atoms with Gasteiger partial charge in [0.25, 0.3) is 0 Å². The van der Waals surface area contributed by atoms with E-state index < -0.39 is 5.54 Å². The van der Waals surface area contributed by atoms with Gasteiger partial charge in [0.15, 0.2) is 5.54 Å². The highest BCUT2D eigenvalue weighted by Gasteiger charge is 2.41. The van der Waals surface area contributed by atoms with Crippen LogP contribution in [0.5, 0.6) is 0 Å². The Kier molecular flexibility index (Phi) is 5.46. The van der Waals surface area contributed by atoms with Crippen LogP contribution in [0.25, 0.3) is 0 Å². The Hall–Kier alpha value is -1.04. The third-order valence-electron chi connectivity index (χ3n) is 3.42. The molecular formula is C15H21NO3S. The van der Waals surface area contributed by atoms with Gasteiger partial charge in [-0.3, -0.25) is 5.32 Å². The topological polar surface area (TPSA) is 47.6 Å². The summed E-state index contributed by atoms with van der Waals surface area (Å²) in [6, 6.07) is 9.78. The summed E-state index contributed by atoms with van der Waals surface area (Å²) in [4.78, 5) is 12.4. The molecule has 1 aromatic carbocycles. The number of carbonyl (C=O) groups is 1. The maximum absolute atomic E-state index is 12.4. The average Bonchev–Trinajstić information content (AvgIpc) is 2.44. The van der Waals surface area contributed by atoms with Crippen LogP contribution in [0.2, 0.25) is 0 Å². The van der Waals surface area contributed by atoms with Gasteiger partial charge in [0.05, 0.1) is 25.6 Å². The number of rotatable bonds is 7. The molecule has 4 nitrogen and oxygen atoms in total. The molecule has 110 valence electrons. The molecule has 1 aromatic rings. The van der Waals surface area contributed by atoms with Gasteiger partial charge in [-0.1, -0.05) is 37.3 Å². The van der Waals surface area contributed by atoms with Crippen molar-refractivity contribution < 1.29 is 14.3 Å². The van der Waals surface area contributed by atoms with Crippen LogP contribution in [-0.2, 0) is 19.8 Å². The number of thioether (sulfide) groups is 1. The van der Waals surface area contributed by atoms with Gasteiger partial charge in [-0.2, -0.15) is 11.8 Å². The highest BCUT2D eigenvalue weighted by Crippen LogP contribution is 2.31. The number of methoxy groups -OCH3 is 1. The van der Waals surface area contributed by atoms with Crippen molar-refractivity contribution in [2.75, 3.05) is 32.6 Å². The van der Waals surface area contributed by atoms with Gasteiger partial charge >= 0.3 is 5.97 Å². The summed E-state index contributed by atoms with van der Waals surface area (Å²) >= 11 is 1.76. The summed E-state index contributed by atoms with van der Waals surface area (Å²) in [5, 5.41) is 3.80. The van der Waals surface area contributed by atoms with E-state index in [0.29, 0.717) is 17.5 Å². The van der Waals surface area contributed by atoms with Gasteiger partial charge in [0, 0.05) is 5.75 Å². The van der Waals surface area contributed by atoms with Gasteiger partial charge in [-0.25, -0.2) is 4.79 Å². The van der Waals surface area contributed by atoms with Crippen LogP contribution in [0.15, 0.2) is 30.3 Å². The van der Waals surface area contributed by atoms with Gasteiger partial charge in [-0.15, -0.1) is 0 Å². The second-order valence-electron chi connectivity index (χ2n) is 4.76. The van der Waals surface area contributed by atoms with Crippen molar-refractivity contribution in [3.05, 3.63) is 35.9 Å². The molecule has 0 amide bonds. The van der Waals surface area contributed by atoms with Crippen LogP contribution < -0.4 is 5.32 Å². The second-order valence-corrected chi connectivity index (χ2v) is 6.05. The molecule has 5 heteroatoms. The van der Waals surface area contributed by atoms with E-state index in [2.05, 4.69) is 5.32 Å². The molecule has 1 atom stereocenters. The minimum atomic E-state index is -0.787. The first kappa shape index (κ1) is 15.4. The van der Waals surface area contributed by atoms with Crippen LogP contribution in [-0.4, -0.2) is 43.8 Å². The van der Waals surface area contributed by atoms with Gasteiger partial charge in [0.1, 0.15) is 0 Å². The fourth-order valence-corrected chi connectivity index (χ4v) is 3.49. The van der Waals surface area contributed by atoms with E-state index in [1.807, 2.05) is 37.3 Å². The zero-order chi connectivity index (χ0) is 14.4. The van der Waals surface area contributed by atoms with Crippen LogP contribution >= 0.6 is 11.8 Å². The van der Waals surface area contributed by atoms with Crippen LogP contribution in [0.4, 0.5) is 0 Å². The standard InChI is InChI=1S/C15H21NO3S/c1-3-16-15(14(17)18-2,11-20-13-9-19-10-13)12-7-5-4-6-8-12/h4-8,13,16H,3,9-11H2,1-2H3. The van der Waals surface area contributed by atoms with E-state index in [-0.39, 0.29) is 5.97 Å². The first-order valence-corrected chi connectivity index (χ1v) is 7.86. The smallest absolute Gasteiger partial charge is 0.331 e. The van der Waals surface area contributed by atoms with E-state index in [0.717, 1.165) is 18.8 Å². The molecule has 1 aliphatic rings. The van der Waals surface area contributed by atoms with Crippen molar-refractivity contribution >= 4 is 17.7 Å². The largest absolute Gasteiger partial charge is 0.467 e. The van der Waals surface area contributed by atoms with Crippen LogP contribution in [0.3, 0.4) is 0 Å². The Morgan fingerprint density at radius 2 is 2.15 bits per heavy atom. The average molecular weight is 295 g/mol. The Bertz CT molecular complexity index is 436. The molecule has 0 bridgehead atoms. The number of benzene rings is 1. The van der Waals surface area contributed by atoms with Crippen molar-refractivity contribution in [2.45, 2.75) is 17.7 Å². The SMILES string of the molecule is CCNC(CSC1COC1)(C(=O)OC)c1ccccc1. The summed E-state index contributed by atoms with van der Waals surface area (Å²) in [7, 11) is 1.44. The van der Waals surface area contributed by atoms with Crippen LogP contribution in [0, 0.1) is 0 Å². The van der Waals surface area contributed by atoms with Crippen molar-refractivity contribution in [1.82, 2.24) is 5.32 Å². The van der Waals surface area contributed by atoms with E-state index >= 15 is 0 Å². The fraction of sp³-hybridized carbons (Fsp3) is 0.533. The summed E-state index contributed by atoms with van der Waals surface area (Å²) in [6.45, 7) is 4.23. The molecule has 1 saturated heterocycles.